The number of sulfone groups is 1. The number of amides is 1. The zero-order valence-corrected chi connectivity index (χ0v) is 11.8. The van der Waals surface area contributed by atoms with Crippen LogP contribution in [0.15, 0.2) is 23.1 Å². The second-order valence-electron chi connectivity index (χ2n) is 4.05. The fourth-order valence-corrected chi connectivity index (χ4v) is 3.13. The van der Waals surface area contributed by atoms with Crippen LogP contribution >= 0.6 is 11.6 Å². The number of benzene rings is 1. The molecule has 0 bridgehead atoms. The van der Waals surface area contributed by atoms with Crippen LogP contribution in [0.2, 0.25) is 5.02 Å². The second-order valence-corrected chi connectivity index (χ2v) is 6.53. The number of halogens is 1. The summed E-state index contributed by atoms with van der Waals surface area (Å²) in [5, 5.41) is 0.113. The number of anilines is 1. The number of hydrogen-bond acceptors (Lipinski definition) is 4. The first-order chi connectivity index (χ1) is 8.24. The summed E-state index contributed by atoms with van der Waals surface area (Å²) in [6, 6.07) is 4.25. The molecular formula is C11H15ClN2O3S. The minimum atomic E-state index is -3.60. The van der Waals surface area contributed by atoms with Crippen molar-refractivity contribution in [2.75, 3.05) is 25.6 Å². The summed E-state index contributed by atoms with van der Waals surface area (Å²) >= 11 is 5.83. The Kier molecular flexibility index (Phi) is 4.59. The molecule has 0 aliphatic carbocycles. The second kappa shape index (κ2) is 5.58. The van der Waals surface area contributed by atoms with Crippen molar-refractivity contribution in [3.8, 4) is 0 Å². The Labute approximate surface area is 111 Å². The summed E-state index contributed by atoms with van der Waals surface area (Å²) in [6.45, 7) is 0. The summed E-state index contributed by atoms with van der Waals surface area (Å²) in [7, 11) is -0.458. The summed E-state index contributed by atoms with van der Waals surface area (Å²) in [6.07, 6.45) is -0.0829. The highest BCUT2D eigenvalue weighted by Gasteiger charge is 2.20. The number of nitrogens with zero attached hydrogens (tertiary/aromatic N) is 1. The molecule has 7 heteroatoms. The van der Waals surface area contributed by atoms with Crippen LogP contribution in [0.3, 0.4) is 0 Å². The Morgan fingerprint density at radius 3 is 2.56 bits per heavy atom. The number of rotatable bonds is 4. The lowest BCUT2D eigenvalue weighted by atomic mass is 10.3. The molecule has 1 amide bonds. The highest BCUT2D eigenvalue weighted by Crippen LogP contribution is 2.25. The van der Waals surface area contributed by atoms with E-state index in [1.165, 1.54) is 23.1 Å². The van der Waals surface area contributed by atoms with Gasteiger partial charge in [-0.3, -0.25) is 4.79 Å². The van der Waals surface area contributed by atoms with E-state index in [0.717, 1.165) is 0 Å². The Balaban J connectivity index is 2.93. The molecule has 0 atom stereocenters. The third kappa shape index (κ3) is 3.61. The van der Waals surface area contributed by atoms with Gasteiger partial charge in [0.1, 0.15) is 0 Å². The van der Waals surface area contributed by atoms with E-state index in [4.69, 9.17) is 17.3 Å². The van der Waals surface area contributed by atoms with E-state index in [2.05, 4.69) is 0 Å². The Bertz CT molecular complexity index is 555. The van der Waals surface area contributed by atoms with Crippen LogP contribution in [0.5, 0.6) is 0 Å². The van der Waals surface area contributed by atoms with Gasteiger partial charge in [0.15, 0.2) is 9.84 Å². The van der Waals surface area contributed by atoms with Crippen molar-refractivity contribution in [1.82, 2.24) is 4.90 Å². The first kappa shape index (κ1) is 14.8. The van der Waals surface area contributed by atoms with Gasteiger partial charge in [-0.25, -0.2) is 8.42 Å². The molecule has 0 aliphatic rings. The van der Waals surface area contributed by atoms with Gasteiger partial charge >= 0.3 is 0 Å². The van der Waals surface area contributed by atoms with Gasteiger partial charge in [-0.05, 0) is 18.2 Å². The van der Waals surface area contributed by atoms with Crippen LogP contribution < -0.4 is 5.73 Å². The molecule has 18 heavy (non-hydrogen) atoms. The third-order valence-corrected chi connectivity index (χ3v) is 4.56. The number of nitrogens with two attached hydrogens (primary N) is 1. The molecular weight excluding hydrogens is 276 g/mol. The van der Waals surface area contributed by atoms with Crippen molar-refractivity contribution in [3.05, 3.63) is 23.2 Å². The maximum absolute atomic E-state index is 12.0. The van der Waals surface area contributed by atoms with E-state index in [1.54, 1.807) is 14.1 Å². The highest BCUT2D eigenvalue weighted by molar-refractivity contribution is 7.91. The lowest BCUT2D eigenvalue weighted by Gasteiger charge is -2.11. The topological polar surface area (TPSA) is 80.5 Å². The standard InChI is InChI=1S/C11H15ClN2O3S/c1-14(2)11(15)5-6-18(16,17)10-7-8(13)3-4-9(10)12/h3-4,7H,5-6,13H2,1-2H3. The molecule has 1 aromatic carbocycles. The van der Waals surface area contributed by atoms with Gasteiger partial charge in [0.2, 0.25) is 5.91 Å². The number of carbonyl (C=O) groups is 1. The third-order valence-electron chi connectivity index (χ3n) is 2.37. The molecule has 0 saturated heterocycles. The van der Waals surface area contributed by atoms with Crippen LogP contribution in [-0.4, -0.2) is 39.1 Å². The number of carbonyl (C=O) groups excluding carboxylic acids is 1. The van der Waals surface area contributed by atoms with Crippen molar-refractivity contribution in [1.29, 1.82) is 0 Å². The Morgan fingerprint density at radius 1 is 1.39 bits per heavy atom. The maximum atomic E-state index is 12.0. The average Bonchev–Trinajstić information content (AvgIpc) is 2.29. The summed E-state index contributed by atoms with van der Waals surface area (Å²) < 4.78 is 24.0. The van der Waals surface area contributed by atoms with Gasteiger partial charge in [-0.15, -0.1) is 0 Å². The summed E-state index contributed by atoms with van der Waals surface area (Å²) in [5.41, 5.74) is 5.85. The molecule has 0 spiro atoms. The molecule has 0 aliphatic heterocycles. The van der Waals surface area contributed by atoms with Crippen molar-refractivity contribution >= 4 is 33.0 Å². The molecule has 0 heterocycles. The largest absolute Gasteiger partial charge is 0.399 e. The molecule has 5 nitrogen and oxygen atoms in total. The maximum Gasteiger partial charge on any atom is 0.223 e. The lowest BCUT2D eigenvalue weighted by Crippen LogP contribution is -2.24. The predicted molar refractivity (Wildman–Crippen MR) is 71.2 cm³/mol. The highest BCUT2D eigenvalue weighted by atomic mass is 35.5. The molecule has 0 radical (unpaired) electrons. The number of hydrogen-bond donors (Lipinski definition) is 1. The monoisotopic (exact) mass is 290 g/mol. The molecule has 1 aromatic rings. The van der Waals surface area contributed by atoms with Gasteiger partial charge in [-0.2, -0.15) is 0 Å². The first-order valence-electron chi connectivity index (χ1n) is 5.22. The van der Waals surface area contributed by atoms with Crippen molar-refractivity contribution in [2.24, 2.45) is 0 Å². The van der Waals surface area contributed by atoms with E-state index in [0.29, 0.717) is 5.69 Å². The Hall–Kier alpha value is -1.27. The summed E-state index contributed by atoms with van der Waals surface area (Å²) in [5.74, 6) is -0.536. The van der Waals surface area contributed by atoms with E-state index in [1.807, 2.05) is 0 Å². The molecule has 100 valence electrons. The quantitative estimate of drug-likeness (QED) is 0.844. The van der Waals surface area contributed by atoms with Crippen LogP contribution in [0.4, 0.5) is 5.69 Å². The van der Waals surface area contributed by atoms with Gasteiger partial charge in [0.25, 0.3) is 0 Å². The Morgan fingerprint density at radius 2 is 2.00 bits per heavy atom. The van der Waals surface area contributed by atoms with Crippen LogP contribution in [0.1, 0.15) is 6.42 Å². The fraction of sp³-hybridized carbons (Fsp3) is 0.364. The van der Waals surface area contributed by atoms with Gasteiger partial charge in [-0.1, -0.05) is 11.6 Å². The fourth-order valence-electron chi connectivity index (χ4n) is 1.31. The van der Waals surface area contributed by atoms with Crippen molar-refractivity contribution in [2.45, 2.75) is 11.3 Å². The predicted octanol–water partition coefficient (Wildman–Crippen LogP) is 1.17. The van der Waals surface area contributed by atoms with E-state index >= 15 is 0 Å². The summed E-state index contributed by atoms with van der Waals surface area (Å²) in [4.78, 5) is 12.7. The van der Waals surface area contributed by atoms with Gasteiger partial charge in [0, 0.05) is 26.2 Å². The zero-order valence-electron chi connectivity index (χ0n) is 10.2. The molecule has 0 unspecified atom stereocenters. The SMILES string of the molecule is CN(C)C(=O)CCS(=O)(=O)c1cc(N)ccc1Cl. The van der Waals surface area contributed by atoms with Crippen LogP contribution in [-0.2, 0) is 14.6 Å². The molecule has 0 saturated carbocycles. The van der Waals surface area contributed by atoms with Crippen LogP contribution in [0.25, 0.3) is 0 Å². The molecule has 1 rings (SSSR count). The van der Waals surface area contributed by atoms with E-state index in [9.17, 15) is 13.2 Å². The number of nitrogen functional groups attached to an aromatic ring is 1. The van der Waals surface area contributed by atoms with Crippen molar-refractivity contribution in [3.63, 3.8) is 0 Å². The van der Waals surface area contributed by atoms with E-state index in [-0.39, 0.29) is 28.0 Å². The van der Waals surface area contributed by atoms with Crippen molar-refractivity contribution < 1.29 is 13.2 Å². The minimum Gasteiger partial charge on any atom is -0.399 e. The molecule has 2 N–H and O–H groups in total. The first-order valence-corrected chi connectivity index (χ1v) is 7.25. The molecule has 0 aromatic heterocycles. The molecule has 0 fully saturated rings. The lowest BCUT2D eigenvalue weighted by molar-refractivity contribution is -0.128. The average molecular weight is 291 g/mol. The van der Waals surface area contributed by atoms with E-state index < -0.39 is 9.84 Å². The normalized spacial score (nSPS) is 11.3. The van der Waals surface area contributed by atoms with Crippen LogP contribution in [0, 0.1) is 0 Å². The zero-order chi connectivity index (χ0) is 13.9. The van der Waals surface area contributed by atoms with Gasteiger partial charge < -0.3 is 10.6 Å². The minimum absolute atomic E-state index is 0.0317. The van der Waals surface area contributed by atoms with Gasteiger partial charge in [0.05, 0.1) is 15.7 Å². The smallest absolute Gasteiger partial charge is 0.223 e.